The second kappa shape index (κ2) is 7.16. The number of aromatic nitrogens is 1. The maximum Gasteiger partial charge on any atom is 0.264 e. The van der Waals surface area contributed by atoms with Crippen LogP contribution in [0.4, 0.5) is 5.13 Å². The van der Waals surface area contributed by atoms with Crippen LogP contribution in [0.15, 0.2) is 24.3 Å². The Labute approximate surface area is 153 Å². The van der Waals surface area contributed by atoms with Crippen molar-refractivity contribution < 1.29 is 9.53 Å². The smallest absolute Gasteiger partial charge is 0.264 e. The molecule has 5 heteroatoms. The minimum atomic E-state index is -0.165. The van der Waals surface area contributed by atoms with Crippen molar-refractivity contribution in [2.75, 3.05) is 11.9 Å². The van der Waals surface area contributed by atoms with Crippen molar-refractivity contribution in [2.45, 2.75) is 47.0 Å². The van der Waals surface area contributed by atoms with Crippen molar-refractivity contribution in [2.24, 2.45) is 11.3 Å². The number of hydrogen-bond acceptors (Lipinski definition) is 4. The van der Waals surface area contributed by atoms with Crippen molar-refractivity contribution in [1.29, 1.82) is 0 Å². The van der Waals surface area contributed by atoms with Gasteiger partial charge in [0.25, 0.3) is 5.91 Å². The fourth-order valence-electron chi connectivity index (χ4n) is 3.18. The van der Waals surface area contributed by atoms with E-state index in [1.807, 2.05) is 31.2 Å². The van der Waals surface area contributed by atoms with Crippen LogP contribution in [0.1, 0.15) is 43.3 Å². The van der Waals surface area contributed by atoms with Gasteiger partial charge in [0.2, 0.25) is 0 Å². The molecule has 1 unspecified atom stereocenters. The van der Waals surface area contributed by atoms with E-state index in [2.05, 4.69) is 31.1 Å². The SMILES string of the molecule is Cc1ccccc1OCC(=O)Nc1nc2c(s1)CC(C(C)(C)C)CC2. The van der Waals surface area contributed by atoms with Gasteiger partial charge in [0.15, 0.2) is 11.7 Å². The summed E-state index contributed by atoms with van der Waals surface area (Å²) in [5.74, 6) is 1.25. The number of para-hydroxylation sites is 1. The van der Waals surface area contributed by atoms with Crippen LogP contribution in [0.2, 0.25) is 0 Å². The Morgan fingerprint density at radius 3 is 2.84 bits per heavy atom. The van der Waals surface area contributed by atoms with Crippen molar-refractivity contribution in [1.82, 2.24) is 4.98 Å². The monoisotopic (exact) mass is 358 g/mol. The number of fused-ring (bicyclic) bond motifs is 1. The van der Waals surface area contributed by atoms with Crippen LogP contribution in [0.5, 0.6) is 5.75 Å². The molecule has 1 heterocycles. The number of carbonyl (C=O) groups is 1. The van der Waals surface area contributed by atoms with Crippen molar-refractivity contribution >= 4 is 22.4 Å². The summed E-state index contributed by atoms with van der Waals surface area (Å²) in [4.78, 5) is 18.1. The van der Waals surface area contributed by atoms with Crippen LogP contribution >= 0.6 is 11.3 Å². The first kappa shape index (κ1) is 17.9. The lowest BCUT2D eigenvalue weighted by Crippen LogP contribution is -2.26. The van der Waals surface area contributed by atoms with Crippen LogP contribution in [-0.4, -0.2) is 17.5 Å². The van der Waals surface area contributed by atoms with Crippen LogP contribution in [0.3, 0.4) is 0 Å². The number of thiazole rings is 1. The molecule has 1 atom stereocenters. The van der Waals surface area contributed by atoms with E-state index < -0.39 is 0 Å². The van der Waals surface area contributed by atoms with Gasteiger partial charge in [-0.15, -0.1) is 11.3 Å². The van der Waals surface area contributed by atoms with Gasteiger partial charge in [0.1, 0.15) is 5.75 Å². The second-order valence-electron chi connectivity index (χ2n) is 7.80. The van der Waals surface area contributed by atoms with E-state index >= 15 is 0 Å². The van der Waals surface area contributed by atoms with Gasteiger partial charge < -0.3 is 4.74 Å². The molecule has 1 N–H and O–H groups in total. The number of rotatable bonds is 4. The number of aryl methyl sites for hydroxylation is 2. The van der Waals surface area contributed by atoms with E-state index in [4.69, 9.17) is 4.74 Å². The lowest BCUT2D eigenvalue weighted by Gasteiger charge is -2.33. The zero-order chi connectivity index (χ0) is 18.0. The molecule has 25 heavy (non-hydrogen) atoms. The maximum atomic E-state index is 12.2. The molecule has 1 aliphatic carbocycles. The summed E-state index contributed by atoms with van der Waals surface area (Å²) in [6.07, 6.45) is 3.24. The van der Waals surface area contributed by atoms with Gasteiger partial charge in [0, 0.05) is 4.88 Å². The molecule has 0 saturated carbocycles. The molecule has 1 amide bonds. The number of nitrogens with zero attached hydrogens (tertiary/aromatic N) is 1. The van der Waals surface area contributed by atoms with E-state index in [1.165, 1.54) is 11.3 Å². The third-order valence-electron chi connectivity index (χ3n) is 4.86. The molecule has 0 bridgehead atoms. The molecule has 0 saturated heterocycles. The van der Waals surface area contributed by atoms with Crippen LogP contribution in [0, 0.1) is 18.3 Å². The Kier molecular flexibility index (Phi) is 5.13. The van der Waals surface area contributed by atoms with E-state index in [-0.39, 0.29) is 12.5 Å². The minimum absolute atomic E-state index is 0.000282. The normalized spacial score (nSPS) is 17.0. The summed E-state index contributed by atoms with van der Waals surface area (Å²) in [6, 6.07) is 7.69. The van der Waals surface area contributed by atoms with Gasteiger partial charge >= 0.3 is 0 Å². The molecule has 1 aromatic carbocycles. The Balaban J connectivity index is 1.58. The third kappa shape index (κ3) is 4.40. The number of anilines is 1. The van der Waals surface area contributed by atoms with Crippen LogP contribution in [0.25, 0.3) is 0 Å². The van der Waals surface area contributed by atoms with Crippen LogP contribution < -0.4 is 10.1 Å². The van der Waals surface area contributed by atoms with E-state index in [9.17, 15) is 4.79 Å². The van der Waals surface area contributed by atoms with Gasteiger partial charge in [0.05, 0.1) is 5.69 Å². The molecule has 134 valence electrons. The predicted octanol–water partition coefficient (Wildman–Crippen LogP) is 4.62. The summed E-state index contributed by atoms with van der Waals surface area (Å²) in [5.41, 5.74) is 2.49. The van der Waals surface area contributed by atoms with Crippen molar-refractivity contribution in [3.05, 3.63) is 40.4 Å². The van der Waals surface area contributed by atoms with E-state index in [1.54, 1.807) is 11.3 Å². The highest BCUT2D eigenvalue weighted by Crippen LogP contribution is 2.40. The van der Waals surface area contributed by atoms with Gasteiger partial charge in [-0.25, -0.2) is 4.98 Å². The number of nitrogens with one attached hydrogen (secondary N) is 1. The lowest BCUT2D eigenvalue weighted by atomic mass is 9.73. The molecule has 0 fully saturated rings. The van der Waals surface area contributed by atoms with Crippen molar-refractivity contribution in [3.63, 3.8) is 0 Å². The largest absolute Gasteiger partial charge is 0.483 e. The predicted molar refractivity (Wildman–Crippen MR) is 102 cm³/mol. The molecule has 3 rings (SSSR count). The first-order chi connectivity index (χ1) is 11.8. The average Bonchev–Trinajstić information content (AvgIpc) is 2.94. The first-order valence-corrected chi connectivity index (χ1v) is 9.61. The molecule has 0 aliphatic heterocycles. The minimum Gasteiger partial charge on any atom is -0.483 e. The molecule has 0 spiro atoms. The number of carbonyl (C=O) groups excluding carboxylic acids is 1. The summed E-state index contributed by atoms with van der Waals surface area (Å²) in [5, 5.41) is 3.58. The first-order valence-electron chi connectivity index (χ1n) is 8.80. The summed E-state index contributed by atoms with van der Waals surface area (Å²) >= 11 is 1.61. The number of ether oxygens (including phenoxy) is 1. The fourth-order valence-corrected chi connectivity index (χ4v) is 4.29. The molecule has 1 aromatic heterocycles. The maximum absolute atomic E-state index is 12.2. The number of hydrogen-bond donors (Lipinski definition) is 1. The molecular weight excluding hydrogens is 332 g/mol. The summed E-state index contributed by atoms with van der Waals surface area (Å²) in [6.45, 7) is 8.87. The molecular formula is C20H26N2O2S. The molecule has 2 aromatic rings. The second-order valence-corrected chi connectivity index (χ2v) is 8.88. The Hall–Kier alpha value is -1.88. The fraction of sp³-hybridized carbons (Fsp3) is 0.500. The topological polar surface area (TPSA) is 51.2 Å². The quantitative estimate of drug-likeness (QED) is 0.867. The molecule has 1 aliphatic rings. The van der Waals surface area contributed by atoms with Gasteiger partial charge in [-0.2, -0.15) is 0 Å². The Morgan fingerprint density at radius 1 is 1.36 bits per heavy atom. The summed E-state index contributed by atoms with van der Waals surface area (Å²) < 4.78 is 5.60. The van der Waals surface area contributed by atoms with Crippen molar-refractivity contribution in [3.8, 4) is 5.75 Å². The van der Waals surface area contributed by atoms with E-state index in [0.717, 1.165) is 29.8 Å². The highest BCUT2D eigenvalue weighted by atomic mass is 32.1. The number of benzene rings is 1. The Morgan fingerprint density at radius 2 is 2.12 bits per heavy atom. The number of amides is 1. The third-order valence-corrected chi connectivity index (χ3v) is 5.90. The van der Waals surface area contributed by atoms with Gasteiger partial charge in [-0.1, -0.05) is 39.0 Å². The van der Waals surface area contributed by atoms with Crippen LogP contribution in [-0.2, 0) is 17.6 Å². The van der Waals surface area contributed by atoms with Gasteiger partial charge in [-0.05, 0) is 49.1 Å². The highest BCUT2D eigenvalue weighted by Gasteiger charge is 2.30. The van der Waals surface area contributed by atoms with E-state index in [0.29, 0.717) is 16.5 Å². The lowest BCUT2D eigenvalue weighted by molar-refractivity contribution is -0.118. The standard InChI is InChI=1S/C20H26N2O2S/c1-13-7-5-6-8-16(13)24-12-18(23)22-19-21-15-10-9-14(20(2,3)4)11-17(15)25-19/h5-8,14H,9-12H2,1-4H3,(H,21,22,23). The molecule has 0 radical (unpaired) electrons. The summed E-state index contributed by atoms with van der Waals surface area (Å²) in [7, 11) is 0. The average molecular weight is 359 g/mol. The Bertz CT molecular complexity index is 761. The highest BCUT2D eigenvalue weighted by molar-refractivity contribution is 7.15. The molecule has 4 nitrogen and oxygen atoms in total. The zero-order valence-corrected chi connectivity index (χ0v) is 16.2. The van der Waals surface area contributed by atoms with Gasteiger partial charge in [-0.3, -0.25) is 10.1 Å². The zero-order valence-electron chi connectivity index (χ0n) is 15.4.